The third-order valence-electron chi connectivity index (χ3n) is 3.20. The molecule has 0 spiro atoms. The van der Waals surface area contributed by atoms with E-state index < -0.39 is 10.0 Å². The molecular weight excluding hydrogens is 268 g/mol. The van der Waals surface area contributed by atoms with Crippen LogP contribution in [-0.2, 0) is 10.0 Å². The number of nitrogens with one attached hydrogen (secondary N) is 1. The first kappa shape index (κ1) is 14.0. The molecule has 9 heteroatoms. The molecule has 0 aliphatic carbocycles. The topological polar surface area (TPSA) is 104 Å². The molecule has 0 atom stereocenters. The minimum Gasteiger partial charge on any atom is -0.354 e. The number of piperazine rings is 1. The average molecular weight is 286 g/mol. The SMILES string of the molecule is Cc1c(NN)ncnc1N1CCN(S(C)(=O)=O)CC1. The second-order valence-electron chi connectivity index (χ2n) is 4.46. The van der Waals surface area contributed by atoms with Gasteiger partial charge in [0.25, 0.3) is 0 Å². The zero-order valence-corrected chi connectivity index (χ0v) is 11.8. The summed E-state index contributed by atoms with van der Waals surface area (Å²) in [6.07, 6.45) is 2.68. The van der Waals surface area contributed by atoms with Crippen LogP contribution in [0.1, 0.15) is 5.56 Å². The first-order valence-corrected chi connectivity index (χ1v) is 7.76. The number of sulfonamides is 1. The summed E-state index contributed by atoms with van der Waals surface area (Å²) < 4.78 is 24.4. The maximum Gasteiger partial charge on any atom is 0.211 e. The summed E-state index contributed by atoms with van der Waals surface area (Å²) in [7, 11) is -3.11. The number of nitrogen functional groups attached to an aromatic ring is 1. The van der Waals surface area contributed by atoms with Crippen molar-refractivity contribution in [3.05, 3.63) is 11.9 Å². The Labute approximate surface area is 112 Å². The van der Waals surface area contributed by atoms with Gasteiger partial charge in [-0.05, 0) is 6.92 Å². The van der Waals surface area contributed by atoms with E-state index in [0.29, 0.717) is 32.0 Å². The molecular formula is C10H18N6O2S. The number of nitrogens with zero attached hydrogens (tertiary/aromatic N) is 4. The molecule has 0 saturated carbocycles. The van der Waals surface area contributed by atoms with Crippen LogP contribution < -0.4 is 16.2 Å². The highest BCUT2D eigenvalue weighted by Crippen LogP contribution is 2.22. The Hall–Kier alpha value is -1.45. The second-order valence-corrected chi connectivity index (χ2v) is 6.45. The van der Waals surface area contributed by atoms with Crippen LogP contribution in [-0.4, -0.2) is 55.1 Å². The van der Waals surface area contributed by atoms with Crippen molar-refractivity contribution in [3.8, 4) is 0 Å². The van der Waals surface area contributed by atoms with Crippen LogP contribution in [0.15, 0.2) is 6.33 Å². The molecule has 1 aromatic rings. The molecule has 1 fully saturated rings. The van der Waals surface area contributed by atoms with E-state index in [0.717, 1.165) is 11.4 Å². The highest BCUT2D eigenvalue weighted by atomic mass is 32.2. The lowest BCUT2D eigenvalue weighted by Gasteiger charge is -2.34. The monoisotopic (exact) mass is 286 g/mol. The number of nitrogens with two attached hydrogens (primary N) is 1. The number of hydrogen-bond donors (Lipinski definition) is 2. The summed E-state index contributed by atoms with van der Waals surface area (Å²) in [6, 6.07) is 0. The number of rotatable bonds is 3. The smallest absolute Gasteiger partial charge is 0.211 e. The lowest BCUT2D eigenvalue weighted by molar-refractivity contribution is 0.386. The fraction of sp³-hybridized carbons (Fsp3) is 0.600. The summed E-state index contributed by atoms with van der Waals surface area (Å²) in [4.78, 5) is 10.3. The van der Waals surface area contributed by atoms with Crippen LogP contribution in [0.2, 0.25) is 0 Å². The molecule has 1 aromatic heterocycles. The number of anilines is 2. The zero-order valence-electron chi connectivity index (χ0n) is 11.0. The molecule has 3 N–H and O–H groups in total. The van der Waals surface area contributed by atoms with Crippen LogP contribution in [0.25, 0.3) is 0 Å². The van der Waals surface area contributed by atoms with Crippen molar-refractivity contribution in [2.45, 2.75) is 6.92 Å². The van der Waals surface area contributed by atoms with Gasteiger partial charge in [0.2, 0.25) is 10.0 Å². The third kappa shape index (κ3) is 2.94. The molecule has 2 heterocycles. The Bertz CT molecular complexity index is 553. The van der Waals surface area contributed by atoms with Gasteiger partial charge in [0.15, 0.2) is 0 Å². The predicted molar refractivity (Wildman–Crippen MR) is 73.2 cm³/mol. The van der Waals surface area contributed by atoms with E-state index in [1.165, 1.54) is 16.9 Å². The molecule has 1 saturated heterocycles. The summed E-state index contributed by atoms with van der Waals surface area (Å²) in [5.74, 6) is 6.75. The second kappa shape index (κ2) is 5.27. The van der Waals surface area contributed by atoms with E-state index in [-0.39, 0.29) is 0 Å². The Balaban J connectivity index is 2.14. The summed E-state index contributed by atoms with van der Waals surface area (Å²) in [6.45, 7) is 4.03. The van der Waals surface area contributed by atoms with E-state index in [1.807, 2.05) is 11.8 Å². The molecule has 0 unspecified atom stereocenters. The van der Waals surface area contributed by atoms with Gasteiger partial charge in [0, 0.05) is 31.7 Å². The molecule has 0 aromatic carbocycles. The van der Waals surface area contributed by atoms with Crippen molar-refractivity contribution in [1.82, 2.24) is 14.3 Å². The minimum absolute atomic E-state index is 0.466. The minimum atomic E-state index is -3.11. The Morgan fingerprint density at radius 2 is 1.89 bits per heavy atom. The number of hydrazine groups is 1. The van der Waals surface area contributed by atoms with Gasteiger partial charge < -0.3 is 10.3 Å². The van der Waals surface area contributed by atoms with E-state index in [2.05, 4.69) is 15.4 Å². The number of hydrogen-bond acceptors (Lipinski definition) is 7. The quantitative estimate of drug-likeness (QED) is 0.551. The van der Waals surface area contributed by atoms with Crippen molar-refractivity contribution in [2.24, 2.45) is 5.84 Å². The van der Waals surface area contributed by atoms with Crippen LogP contribution in [0.4, 0.5) is 11.6 Å². The largest absolute Gasteiger partial charge is 0.354 e. The highest BCUT2D eigenvalue weighted by molar-refractivity contribution is 7.88. The standard InChI is InChI=1S/C10H18N6O2S/c1-8-9(14-11)12-7-13-10(8)15-3-5-16(6-4-15)19(2,17)18/h7H,3-6,11H2,1-2H3,(H,12,13,14). The van der Waals surface area contributed by atoms with Gasteiger partial charge in [-0.3, -0.25) is 0 Å². The fourth-order valence-electron chi connectivity index (χ4n) is 2.14. The summed E-state index contributed by atoms with van der Waals surface area (Å²) in [5, 5.41) is 0. The molecule has 0 bridgehead atoms. The average Bonchev–Trinajstić information content (AvgIpc) is 2.38. The lowest BCUT2D eigenvalue weighted by Crippen LogP contribution is -2.48. The van der Waals surface area contributed by atoms with Gasteiger partial charge in [0.1, 0.15) is 18.0 Å². The first-order chi connectivity index (χ1) is 8.93. The van der Waals surface area contributed by atoms with Gasteiger partial charge in [0.05, 0.1) is 6.26 Å². The van der Waals surface area contributed by atoms with Gasteiger partial charge in [-0.15, -0.1) is 0 Å². The van der Waals surface area contributed by atoms with Gasteiger partial charge in [-0.1, -0.05) is 0 Å². The lowest BCUT2D eigenvalue weighted by atomic mass is 10.2. The Morgan fingerprint density at radius 1 is 1.26 bits per heavy atom. The summed E-state index contributed by atoms with van der Waals surface area (Å²) in [5.41, 5.74) is 3.38. The molecule has 19 heavy (non-hydrogen) atoms. The van der Waals surface area contributed by atoms with E-state index in [4.69, 9.17) is 5.84 Å². The molecule has 0 radical (unpaired) electrons. The fourth-order valence-corrected chi connectivity index (χ4v) is 2.96. The van der Waals surface area contributed by atoms with Crippen LogP contribution in [0, 0.1) is 6.92 Å². The number of aromatic nitrogens is 2. The van der Waals surface area contributed by atoms with Crippen molar-refractivity contribution >= 4 is 21.7 Å². The third-order valence-corrected chi connectivity index (χ3v) is 4.50. The highest BCUT2D eigenvalue weighted by Gasteiger charge is 2.25. The molecule has 106 valence electrons. The van der Waals surface area contributed by atoms with Crippen molar-refractivity contribution in [2.75, 3.05) is 42.8 Å². The van der Waals surface area contributed by atoms with Crippen LogP contribution in [0.5, 0.6) is 0 Å². The summed E-state index contributed by atoms with van der Waals surface area (Å²) >= 11 is 0. The molecule has 2 rings (SSSR count). The first-order valence-electron chi connectivity index (χ1n) is 5.91. The van der Waals surface area contributed by atoms with E-state index in [1.54, 1.807) is 0 Å². The predicted octanol–water partition coefficient (Wildman–Crippen LogP) is -0.848. The van der Waals surface area contributed by atoms with Crippen LogP contribution in [0.3, 0.4) is 0 Å². The molecule has 0 amide bonds. The molecule has 1 aliphatic heterocycles. The maximum absolute atomic E-state index is 11.5. The molecule has 8 nitrogen and oxygen atoms in total. The Kier molecular flexibility index (Phi) is 3.88. The van der Waals surface area contributed by atoms with Gasteiger partial charge in [-0.25, -0.2) is 24.2 Å². The van der Waals surface area contributed by atoms with Gasteiger partial charge in [-0.2, -0.15) is 4.31 Å². The van der Waals surface area contributed by atoms with Crippen molar-refractivity contribution in [3.63, 3.8) is 0 Å². The van der Waals surface area contributed by atoms with E-state index >= 15 is 0 Å². The van der Waals surface area contributed by atoms with Gasteiger partial charge >= 0.3 is 0 Å². The maximum atomic E-state index is 11.5. The zero-order chi connectivity index (χ0) is 14.0. The van der Waals surface area contributed by atoms with Crippen LogP contribution >= 0.6 is 0 Å². The Morgan fingerprint density at radius 3 is 2.42 bits per heavy atom. The van der Waals surface area contributed by atoms with Crippen molar-refractivity contribution in [1.29, 1.82) is 0 Å². The van der Waals surface area contributed by atoms with Crippen molar-refractivity contribution < 1.29 is 8.42 Å². The van der Waals surface area contributed by atoms with E-state index in [9.17, 15) is 8.42 Å². The normalized spacial score (nSPS) is 17.5. The molecule has 1 aliphatic rings.